The van der Waals surface area contributed by atoms with Crippen molar-refractivity contribution < 1.29 is 18.7 Å². The summed E-state index contributed by atoms with van der Waals surface area (Å²) in [5.41, 5.74) is 5.80. The summed E-state index contributed by atoms with van der Waals surface area (Å²) in [4.78, 5) is 11.8. The van der Waals surface area contributed by atoms with Gasteiger partial charge in [-0.25, -0.2) is 4.39 Å². The molecule has 1 amide bonds. The largest absolute Gasteiger partial charge is 0.478 e. The van der Waals surface area contributed by atoms with Gasteiger partial charge in [0.05, 0.1) is 10.2 Å². The molecule has 0 aliphatic rings. The Morgan fingerprint density at radius 1 is 1.55 bits per heavy atom. The second kappa shape index (κ2) is 8.06. The molecule has 0 saturated heterocycles. The van der Waals surface area contributed by atoms with E-state index in [9.17, 15) is 9.18 Å². The molecule has 0 saturated carbocycles. The zero-order valence-corrected chi connectivity index (χ0v) is 13.0. The van der Waals surface area contributed by atoms with Gasteiger partial charge in [-0.2, -0.15) is 0 Å². The molecule has 0 heterocycles. The Bertz CT molecular complexity index is 448. The molecule has 20 heavy (non-hydrogen) atoms. The Kier molecular flexibility index (Phi) is 6.74. The quantitative estimate of drug-likeness (QED) is 0.584. The lowest BCUT2D eigenvalue weighted by Gasteiger charge is -2.17. The van der Waals surface area contributed by atoms with Crippen molar-refractivity contribution in [2.24, 2.45) is 0 Å². The normalized spacial score (nSPS) is 12.0. The van der Waals surface area contributed by atoms with Crippen molar-refractivity contribution in [2.75, 3.05) is 26.0 Å². The highest BCUT2D eigenvalue weighted by atomic mass is 79.9. The van der Waals surface area contributed by atoms with Gasteiger partial charge in [-0.15, -0.1) is 0 Å². The summed E-state index contributed by atoms with van der Waals surface area (Å²) in [6, 6.07) is 2.37. The van der Waals surface area contributed by atoms with Crippen LogP contribution in [-0.4, -0.2) is 32.3 Å². The number of anilines is 1. The Morgan fingerprint density at radius 2 is 2.25 bits per heavy atom. The van der Waals surface area contributed by atoms with E-state index in [4.69, 9.17) is 15.2 Å². The number of rotatable bonds is 7. The van der Waals surface area contributed by atoms with Crippen molar-refractivity contribution >= 4 is 27.5 Å². The number of methoxy groups -OCH3 is 1. The van der Waals surface area contributed by atoms with Crippen molar-refractivity contribution in [3.05, 3.63) is 22.4 Å². The number of carbonyl (C=O) groups is 1. The molecule has 1 aromatic rings. The fraction of sp³-hybridized carbons (Fsp3) is 0.462. The second-order valence-corrected chi connectivity index (χ2v) is 5.06. The lowest BCUT2D eigenvalue weighted by Crippen LogP contribution is -2.37. The fourth-order valence-corrected chi connectivity index (χ4v) is 2.05. The van der Waals surface area contributed by atoms with E-state index in [1.165, 1.54) is 6.07 Å². The number of amides is 1. The van der Waals surface area contributed by atoms with Crippen LogP contribution in [0.15, 0.2) is 16.6 Å². The number of nitrogen functional groups attached to an aromatic ring is 1. The number of halogens is 2. The van der Waals surface area contributed by atoms with Gasteiger partial charge in [0.15, 0.2) is 11.9 Å². The zero-order valence-electron chi connectivity index (χ0n) is 11.4. The number of hydrogen-bond acceptors (Lipinski definition) is 4. The van der Waals surface area contributed by atoms with Crippen LogP contribution >= 0.6 is 15.9 Å². The van der Waals surface area contributed by atoms with Crippen LogP contribution in [0.25, 0.3) is 0 Å². The Labute approximate surface area is 125 Å². The summed E-state index contributed by atoms with van der Waals surface area (Å²) < 4.78 is 23.8. The zero-order chi connectivity index (χ0) is 15.1. The van der Waals surface area contributed by atoms with Gasteiger partial charge >= 0.3 is 0 Å². The number of carbonyl (C=O) groups excluding carboxylic acids is 1. The fourth-order valence-electron chi connectivity index (χ4n) is 1.51. The third-order valence-corrected chi connectivity index (χ3v) is 3.11. The first-order valence-corrected chi connectivity index (χ1v) is 6.92. The predicted molar refractivity (Wildman–Crippen MR) is 78.1 cm³/mol. The number of ether oxygens (including phenoxy) is 2. The highest BCUT2D eigenvalue weighted by Gasteiger charge is 2.17. The first-order chi connectivity index (χ1) is 9.45. The highest BCUT2D eigenvalue weighted by molar-refractivity contribution is 9.10. The van der Waals surface area contributed by atoms with E-state index >= 15 is 0 Å². The SMILES string of the molecule is COCCCNC(=O)C(C)Oc1c(N)cc(F)cc1Br. The lowest BCUT2D eigenvalue weighted by atomic mass is 10.3. The molecule has 3 N–H and O–H groups in total. The molecule has 0 aliphatic heterocycles. The van der Waals surface area contributed by atoms with Crippen molar-refractivity contribution in [3.8, 4) is 5.75 Å². The van der Waals surface area contributed by atoms with Gasteiger partial charge in [0.1, 0.15) is 5.82 Å². The van der Waals surface area contributed by atoms with Gasteiger partial charge in [-0.3, -0.25) is 4.79 Å². The third kappa shape index (κ3) is 4.97. The third-order valence-electron chi connectivity index (χ3n) is 2.53. The minimum absolute atomic E-state index is 0.135. The molecule has 0 aliphatic carbocycles. The average molecular weight is 349 g/mol. The second-order valence-electron chi connectivity index (χ2n) is 4.20. The smallest absolute Gasteiger partial charge is 0.260 e. The maximum atomic E-state index is 13.1. The van der Waals surface area contributed by atoms with Crippen molar-refractivity contribution in [1.82, 2.24) is 5.32 Å². The van der Waals surface area contributed by atoms with Gasteiger partial charge in [0.25, 0.3) is 5.91 Å². The number of nitrogens with one attached hydrogen (secondary N) is 1. The van der Waals surface area contributed by atoms with Crippen LogP contribution in [0.3, 0.4) is 0 Å². The van der Waals surface area contributed by atoms with Crippen LogP contribution in [0.4, 0.5) is 10.1 Å². The summed E-state index contributed by atoms with van der Waals surface area (Å²) >= 11 is 3.16. The molecule has 0 radical (unpaired) electrons. The summed E-state index contributed by atoms with van der Waals surface area (Å²) in [6.07, 6.45) is -0.0150. The van der Waals surface area contributed by atoms with Gasteiger partial charge in [-0.05, 0) is 35.3 Å². The molecule has 7 heteroatoms. The molecule has 0 fully saturated rings. The van der Waals surface area contributed by atoms with Crippen LogP contribution in [0.5, 0.6) is 5.75 Å². The number of hydrogen-bond donors (Lipinski definition) is 2. The van der Waals surface area contributed by atoms with E-state index in [0.717, 1.165) is 12.5 Å². The molecule has 0 aromatic heterocycles. The summed E-state index contributed by atoms with van der Waals surface area (Å²) in [6.45, 7) is 2.67. The molecule has 0 spiro atoms. The van der Waals surface area contributed by atoms with Crippen molar-refractivity contribution in [2.45, 2.75) is 19.4 Å². The molecule has 112 valence electrons. The highest BCUT2D eigenvalue weighted by Crippen LogP contribution is 2.33. The summed E-state index contributed by atoms with van der Waals surface area (Å²) in [5, 5.41) is 2.71. The van der Waals surface area contributed by atoms with Crippen LogP contribution in [-0.2, 0) is 9.53 Å². The van der Waals surface area contributed by atoms with E-state index in [1.807, 2.05) is 0 Å². The molecule has 5 nitrogen and oxygen atoms in total. The van der Waals surface area contributed by atoms with E-state index in [1.54, 1.807) is 14.0 Å². The van der Waals surface area contributed by atoms with Gasteiger partial charge < -0.3 is 20.5 Å². The first kappa shape index (κ1) is 16.7. The predicted octanol–water partition coefficient (Wildman–Crippen LogP) is 2.09. The molecular weight excluding hydrogens is 331 g/mol. The summed E-state index contributed by atoms with van der Waals surface area (Å²) in [7, 11) is 1.60. The maximum Gasteiger partial charge on any atom is 0.260 e. The van der Waals surface area contributed by atoms with E-state index < -0.39 is 11.9 Å². The molecule has 1 unspecified atom stereocenters. The lowest BCUT2D eigenvalue weighted by molar-refractivity contribution is -0.127. The van der Waals surface area contributed by atoms with Crippen LogP contribution < -0.4 is 15.8 Å². The minimum Gasteiger partial charge on any atom is -0.478 e. The molecule has 1 aromatic carbocycles. The number of nitrogens with two attached hydrogens (primary N) is 1. The van der Waals surface area contributed by atoms with Crippen molar-refractivity contribution in [3.63, 3.8) is 0 Å². The standard InChI is InChI=1S/C13H18BrFN2O3/c1-8(13(18)17-4-3-5-19-2)20-12-10(14)6-9(15)7-11(12)16/h6-8H,3-5,16H2,1-2H3,(H,17,18). The van der Waals surface area contributed by atoms with E-state index in [2.05, 4.69) is 21.2 Å². The van der Waals surface area contributed by atoms with Gasteiger partial charge in [0, 0.05) is 26.3 Å². The Hall–Kier alpha value is -1.34. The molecule has 1 rings (SSSR count). The molecule has 0 bridgehead atoms. The first-order valence-electron chi connectivity index (χ1n) is 6.13. The Morgan fingerprint density at radius 3 is 2.85 bits per heavy atom. The van der Waals surface area contributed by atoms with Crippen molar-refractivity contribution in [1.29, 1.82) is 0 Å². The molecule has 1 atom stereocenters. The van der Waals surface area contributed by atoms with Crippen LogP contribution in [0.2, 0.25) is 0 Å². The summed E-state index contributed by atoms with van der Waals surface area (Å²) in [5.74, 6) is -0.485. The topological polar surface area (TPSA) is 73.6 Å². The van der Waals surface area contributed by atoms with Gasteiger partial charge in [-0.1, -0.05) is 0 Å². The maximum absolute atomic E-state index is 13.1. The van der Waals surface area contributed by atoms with Crippen LogP contribution in [0.1, 0.15) is 13.3 Å². The molecular formula is C13H18BrFN2O3. The van der Waals surface area contributed by atoms with Crippen LogP contribution in [0, 0.1) is 5.82 Å². The number of benzene rings is 1. The monoisotopic (exact) mass is 348 g/mol. The Balaban J connectivity index is 2.57. The van der Waals surface area contributed by atoms with Gasteiger partial charge in [0.2, 0.25) is 0 Å². The van der Waals surface area contributed by atoms with E-state index in [-0.39, 0.29) is 17.3 Å². The van der Waals surface area contributed by atoms with E-state index in [0.29, 0.717) is 17.6 Å². The minimum atomic E-state index is -0.735. The average Bonchev–Trinajstić information content (AvgIpc) is 2.38.